The van der Waals surface area contributed by atoms with E-state index >= 15 is 0 Å². The SMILES string of the molecule is COC(=O)N[C@H](C(=O)N[C@H](Cc1ccc(-c2ccccn2)cc1)C[C@H](O)[C@H](Cc1ccccc1)NC(=O)[C@@H](NC(=O)N(C)Cc1ccccc1)C(C)(C)C)C(C)(C)C. The smallest absolute Gasteiger partial charge is 0.407 e. The van der Waals surface area contributed by atoms with Crippen molar-refractivity contribution in [2.75, 3.05) is 14.2 Å². The minimum absolute atomic E-state index is 0.0486. The molecule has 58 heavy (non-hydrogen) atoms. The Bertz CT molecular complexity index is 1910. The van der Waals surface area contributed by atoms with Gasteiger partial charge in [0, 0.05) is 31.4 Å². The molecule has 0 saturated carbocycles. The van der Waals surface area contributed by atoms with E-state index in [1.807, 2.05) is 145 Å². The fraction of sp³-hybridized carbons (Fsp3) is 0.413. The van der Waals surface area contributed by atoms with Crippen molar-refractivity contribution in [3.8, 4) is 11.3 Å². The largest absolute Gasteiger partial charge is 0.453 e. The average Bonchev–Trinajstić information content (AvgIpc) is 3.18. The van der Waals surface area contributed by atoms with Crippen molar-refractivity contribution in [1.29, 1.82) is 0 Å². The summed E-state index contributed by atoms with van der Waals surface area (Å²) in [6.45, 7) is 11.5. The number of benzene rings is 3. The zero-order chi connectivity index (χ0) is 42.5. The van der Waals surface area contributed by atoms with Crippen LogP contribution in [0.3, 0.4) is 0 Å². The molecule has 5 atom stereocenters. The highest BCUT2D eigenvalue weighted by atomic mass is 16.5. The molecule has 4 aromatic rings. The van der Waals surface area contributed by atoms with Gasteiger partial charge in [-0.05, 0) is 58.9 Å². The molecule has 0 bridgehead atoms. The van der Waals surface area contributed by atoms with E-state index in [0.717, 1.165) is 27.9 Å². The quantitative estimate of drug-likeness (QED) is 0.0893. The fourth-order valence-electron chi connectivity index (χ4n) is 6.67. The lowest BCUT2D eigenvalue weighted by molar-refractivity contribution is -0.128. The molecule has 1 aromatic heterocycles. The summed E-state index contributed by atoms with van der Waals surface area (Å²) in [4.78, 5) is 60.0. The molecule has 3 aromatic carbocycles. The van der Waals surface area contributed by atoms with E-state index in [9.17, 15) is 24.3 Å². The summed E-state index contributed by atoms with van der Waals surface area (Å²) >= 11 is 0. The van der Waals surface area contributed by atoms with Crippen molar-refractivity contribution in [3.63, 3.8) is 0 Å². The summed E-state index contributed by atoms with van der Waals surface area (Å²) in [6.07, 6.45) is 0.501. The van der Waals surface area contributed by atoms with Gasteiger partial charge in [0.2, 0.25) is 11.8 Å². The average molecular weight is 793 g/mol. The standard InChI is InChI=1S/C46H60N6O6/c1-45(2,3)39(50-43(56)52(7)30-33-19-13-10-14-20-33)42(55)49-37(28-31-17-11-9-12-18-31)38(53)29-35(48-41(54)40(46(4,5)6)51-44(57)58-8)27-32-22-24-34(25-23-32)36-21-15-16-26-47-36/h9-26,35,37-40,53H,27-30H2,1-8H3,(H,48,54)(H,49,55)(H,50,56)(H,51,57)/t35-,37+,38+,39-,40-/m1/s1. The molecule has 1 heterocycles. The number of urea groups is 1. The van der Waals surface area contributed by atoms with Crippen LogP contribution in [0.25, 0.3) is 11.3 Å². The number of ether oxygens (including phenoxy) is 1. The molecule has 310 valence electrons. The van der Waals surface area contributed by atoms with Gasteiger partial charge in [0.05, 0.1) is 24.9 Å². The predicted octanol–water partition coefficient (Wildman–Crippen LogP) is 6.28. The van der Waals surface area contributed by atoms with Gasteiger partial charge >= 0.3 is 12.1 Å². The molecule has 0 saturated heterocycles. The van der Waals surface area contributed by atoms with Gasteiger partial charge in [-0.3, -0.25) is 14.6 Å². The number of hydrogen-bond acceptors (Lipinski definition) is 7. The van der Waals surface area contributed by atoms with Crippen molar-refractivity contribution in [2.24, 2.45) is 10.8 Å². The molecule has 0 aliphatic carbocycles. The third kappa shape index (κ3) is 13.7. The second-order valence-electron chi connectivity index (χ2n) is 17.0. The van der Waals surface area contributed by atoms with Crippen LogP contribution in [0, 0.1) is 10.8 Å². The van der Waals surface area contributed by atoms with Crippen LogP contribution in [0.15, 0.2) is 109 Å². The number of carbonyl (C=O) groups is 4. The van der Waals surface area contributed by atoms with Gasteiger partial charge in [-0.15, -0.1) is 0 Å². The highest BCUT2D eigenvalue weighted by Crippen LogP contribution is 2.24. The lowest BCUT2D eigenvalue weighted by atomic mass is 9.85. The molecule has 0 fully saturated rings. The maximum absolute atomic E-state index is 14.3. The van der Waals surface area contributed by atoms with Crippen LogP contribution in [-0.2, 0) is 33.7 Å². The van der Waals surface area contributed by atoms with Crippen molar-refractivity contribution in [3.05, 3.63) is 126 Å². The number of aliphatic hydroxyl groups is 1. The van der Waals surface area contributed by atoms with Crippen LogP contribution >= 0.6 is 0 Å². The fourth-order valence-corrected chi connectivity index (χ4v) is 6.67. The zero-order valence-electron chi connectivity index (χ0n) is 35.0. The Morgan fingerprint density at radius 1 is 0.672 bits per heavy atom. The highest BCUT2D eigenvalue weighted by Gasteiger charge is 2.38. The minimum Gasteiger partial charge on any atom is -0.453 e. The number of aromatic nitrogens is 1. The van der Waals surface area contributed by atoms with Gasteiger partial charge in [0.25, 0.3) is 0 Å². The monoisotopic (exact) mass is 792 g/mol. The third-order valence-electron chi connectivity index (χ3n) is 9.94. The summed E-state index contributed by atoms with van der Waals surface area (Å²) in [7, 11) is 2.91. The number of aliphatic hydroxyl groups excluding tert-OH is 1. The Hall–Kier alpha value is -5.75. The molecule has 0 unspecified atom stereocenters. The second-order valence-corrected chi connectivity index (χ2v) is 17.0. The Morgan fingerprint density at radius 2 is 1.21 bits per heavy atom. The number of nitrogens with zero attached hydrogens (tertiary/aromatic N) is 2. The summed E-state index contributed by atoms with van der Waals surface area (Å²) in [6, 6.07) is 28.9. The van der Waals surface area contributed by atoms with Crippen molar-refractivity contribution < 1.29 is 29.0 Å². The Balaban J connectivity index is 1.62. The van der Waals surface area contributed by atoms with E-state index in [-0.39, 0.29) is 12.8 Å². The number of hydrogen-bond donors (Lipinski definition) is 5. The van der Waals surface area contributed by atoms with Crippen LogP contribution in [0.1, 0.15) is 64.7 Å². The number of amides is 5. The topological polar surface area (TPSA) is 162 Å². The van der Waals surface area contributed by atoms with Crippen LogP contribution in [-0.4, -0.2) is 83.4 Å². The van der Waals surface area contributed by atoms with E-state index in [0.29, 0.717) is 13.0 Å². The number of pyridine rings is 1. The normalized spacial score (nSPS) is 14.2. The van der Waals surface area contributed by atoms with Gasteiger partial charge in [0.15, 0.2) is 0 Å². The number of rotatable bonds is 16. The first-order valence-corrected chi connectivity index (χ1v) is 19.7. The number of carbonyl (C=O) groups excluding carboxylic acids is 4. The lowest BCUT2D eigenvalue weighted by Crippen LogP contribution is -2.59. The zero-order valence-corrected chi connectivity index (χ0v) is 35.0. The maximum Gasteiger partial charge on any atom is 0.407 e. The van der Waals surface area contributed by atoms with Gasteiger partial charge in [0.1, 0.15) is 12.1 Å². The first kappa shape index (κ1) is 45.0. The molecule has 12 nitrogen and oxygen atoms in total. The maximum atomic E-state index is 14.3. The highest BCUT2D eigenvalue weighted by molar-refractivity contribution is 5.88. The van der Waals surface area contributed by atoms with E-state index in [4.69, 9.17) is 4.74 Å². The van der Waals surface area contributed by atoms with E-state index in [2.05, 4.69) is 26.3 Å². The summed E-state index contributed by atoms with van der Waals surface area (Å²) in [5, 5.41) is 23.9. The minimum atomic E-state index is -1.15. The molecule has 4 rings (SSSR count). The molecule has 0 spiro atoms. The molecule has 0 radical (unpaired) electrons. The first-order valence-electron chi connectivity index (χ1n) is 19.7. The Labute approximate surface area is 343 Å². The predicted molar refractivity (Wildman–Crippen MR) is 226 cm³/mol. The van der Waals surface area contributed by atoms with Gasteiger partial charge in [-0.25, -0.2) is 9.59 Å². The van der Waals surface area contributed by atoms with Crippen molar-refractivity contribution >= 4 is 23.9 Å². The number of alkyl carbamates (subject to hydrolysis) is 1. The summed E-state index contributed by atoms with van der Waals surface area (Å²) < 4.78 is 4.83. The molecular weight excluding hydrogens is 733 g/mol. The van der Waals surface area contributed by atoms with Gasteiger partial charge < -0.3 is 36.0 Å². The van der Waals surface area contributed by atoms with E-state index < -0.39 is 65.0 Å². The van der Waals surface area contributed by atoms with E-state index in [1.54, 1.807) is 13.2 Å². The number of methoxy groups -OCH3 is 1. The second kappa shape index (κ2) is 20.6. The summed E-state index contributed by atoms with van der Waals surface area (Å²) in [5.74, 6) is -0.895. The third-order valence-corrected chi connectivity index (χ3v) is 9.94. The van der Waals surface area contributed by atoms with Crippen molar-refractivity contribution in [2.45, 2.75) is 97.6 Å². The van der Waals surface area contributed by atoms with Crippen LogP contribution in [0.5, 0.6) is 0 Å². The molecule has 0 aliphatic heterocycles. The molecular formula is C46H60N6O6. The molecule has 0 aliphatic rings. The van der Waals surface area contributed by atoms with Crippen LogP contribution < -0.4 is 21.3 Å². The Kier molecular flexibility index (Phi) is 16.0. The Morgan fingerprint density at radius 3 is 1.76 bits per heavy atom. The summed E-state index contributed by atoms with van der Waals surface area (Å²) in [5.41, 5.74) is 3.10. The lowest BCUT2D eigenvalue weighted by Gasteiger charge is -2.35. The van der Waals surface area contributed by atoms with Gasteiger partial charge in [-0.2, -0.15) is 0 Å². The molecule has 12 heteroatoms. The van der Waals surface area contributed by atoms with E-state index in [1.165, 1.54) is 12.0 Å². The van der Waals surface area contributed by atoms with Crippen LogP contribution in [0.4, 0.5) is 9.59 Å². The molecule has 5 amide bonds. The molecule has 5 N–H and O–H groups in total. The van der Waals surface area contributed by atoms with Crippen molar-refractivity contribution in [1.82, 2.24) is 31.2 Å². The van der Waals surface area contributed by atoms with Gasteiger partial charge in [-0.1, -0.05) is 133 Å². The first-order chi connectivity index (χ1) is 27.4. The van der Waals surface area contributed by atoms with Crippen LogP contribution in [0.2, 0.25) is 0 Å². The number of nitrogens with one attached hydrogen (secondary N) is 4.